The lowest BCUT2D eigenvalue weighted by atomic mass is 10.1. The molecule has 0 heterocycles. The maximum atomic E-state index is 5.91. The van der Waals surface area contributed by atoms with Crippen molar-refractivity contribution in [2.75, 3.05) is 20.1 Å². The standard InChI is InChI=1S/C15H23ClN2/c1-5-10-17-11-12(2)18(4)13(3)14-6-8-15(16)9-7-14/h5-9,12-13,17H,1,10-11H2,2-4H3. The Morgan fingerprint density at radius 2 is 1.94 bits per heavy atom. The zero-order chi connectivity index (χ0) is 13.5. The van der Waals surface area contributed by atoms with E-state index in [-0.39, 0.29) is 0 Å². The molecule has 0 saturated carbocycles. The highest BCUT2D eigenvalue weighted by Gasteiger charge is 2.16. The molecule has 0 radical (unpaired) electrons. The molecule has 0 saturated heterocycles. The van der Waals surface area contributed by atoms with Gasteiger partial charge in [0.2, 0.25) is 0 Å². The molecule has 0 amide bonds. The van der Waals surface area contributed by atoms with Gasteiger partial charge in [0.25, 0.3) is 0 Å². The second kappa shape index (κ2) is 7.57. The van der Waals surface area contributed by atoms with E-state index in [4.69, 9.17) is 11.6 Å². The SMILES string of the molecule is C=CCNCC(C)N(C)C(C)c1ccc(Cl)cc1. The van der Waals surface area contributed by atoms with Crippen molar-refractivity contribution in [1.29, 1.82) is 0 Å². The molecular weight excluding hydrogens is 244 g/mol. The van der Waals surface area contributed by atoms with Crippen molar-refractivity contribution < 1.29 is 0 Å². The first kappa shape index (κ1) is 15.2. The summed E-state index contributed by atoms with van der Waals surface area (Å²) < 4.78 is 0. The van der Waals surface area contributed by atoms with Crippen LogP contribution in [0.15, 0.2) is 36.9 Å². The molecule has 0 aliphatic rings. The quantitative estimate of drug-likeness (QED) is 0.600. The number of hydrogen-bond donors (Lipinski definition) is 1. The topological polar surface area (TPSA) is 15.3 Å². The number of halogens is 1. The summed E-state index contributed by atoms with van der Waals surface area (Å²) in [6.07, 6.45) is 1.88. The van der Waals surface area contributed by atoms with E-state index < -0.39 is 0 Å². The van der Waals surface area contributed by atoms with Gasteiger partial charge in [0.05, 0.1) is 0 Å². The largest absolute Gasteiger partial charge is 0.312 e. The zero-order valence-corrected chi connectivity index (χ0v) is 12.2. The number of likely N-dealkylation sites (N-methyl/N-ethyl adjacent to an activating group) is 1. The van der Waals surface area contributed by atoms with Crippen LogP contribution in [0.4, 0.5) is 0 Å². The van der Waals surface area contributed by atoms with Gasteiger partial charge in [0, 0.05) is 30.2 Å². The van der Waals surface area contributed by atoms with Gasteiger partial charge >= 0.3 is 0 Å². The maximum Gasteiger partial charge on any atom is 0.0406 e. The Morgan fingerprint density at radius 1 is 1.33 bits per heavy atom. The summed E-state index contributed by atoms with van der Waals surface area (Å²) in [6, 6.07) is 8.92. The molecule has 0 aromatic heterocycles. The third-order valence-corrected chi connectivity index (χ3v) is 3.64. The number of rotatable bonds is 7. The van der Waals surface area contributed by atoms with Crippen LogP contribution >= 0.6 is 11.6 Å². The number of nitrogens with one attached hydrogen (secondary N) is 1. The minimum absolute atomic E-state index is 0.378. The molecule has 0 aliphatic heterocycles. The van der Waals surface area contributed by atoms with Gasteiger partial charge in [-0.25, -0.2) is 0 Å². The van der Waals surface area contributed by atoms with Crippen LogP contribution in [-0.2, 0) is 0 Å². The molecule has 1 rings (SSSR count). The maximum absolute atomic E-state index is 5.91. The molecule has 2 nitrogen and oxygen atoms in total. The van der Waals surface area contributed by atoms with E-state index in [0.29, 0.717) is 12.1 Å². The highest BCUT2D eigenvalue weighted by Crippen LogP contribution is 2.22. The Morgan fingerprint density at radius 3 is 2.50 bits per heavy atom. The van der Waals surface area contributed by atoms with Gasteiger partial charge in [-0.3, -0.25) is 4.90 Å². The van der Waals surface area contributed by atoms with E-state index in [2.05, 4.69) is 49.8 Å². The molecular formula is C15H23ClN2. The lowest BCUT2D eigenvalue weighted by Gasteiger charge is -2.31. The molecule has 1 N–H and O–H groups in total. The third-order valence-electron chi connectivity index (χ3n) is 3.39. The summed E-state index contributed by atoms with van der Waals surface area (Å²) in [5.74, 6) is 0. The summed E-state index contributed by atoms with van der Waals surface area (Å²) in [5, 5.41) is 4.14. The third kappa shape index (κ3) is 4.45. The van der Waals surface area contributed by atoms with Crippen molar-refractivity contribution in [3.05, 3.63) is 47.5 Å². The fourth-order valence-corrected chi connectivity index (χ4v) is 2.02. The smallest absolute Gasteiger partial charge is 0.0406 e. The van der Waals surface area contributed by atoms with Crippen LogP contribution in [0.3, 0.4) is 0 Å². The predicted molar refractivity (Wildman–Crippen MR) is 80.2 cm³/mol. The van der Waals surface area contributed by atoms with Crippen LogP contribution in [0.25, 0.3) is 0 Å². The van der Waals surface area contributed by atoms with Gasteiger partial charge in [-0.2, -0.15) is 0 Å². The number of hydrogen-bond acceptors (Lipinski definition) is 2. The Balaban J connectivity index is 2.56. The monoisotopic (exact) mass is 266 g/mol. The van der Waals surface area contributed by atoms with Gasteiger partial charge < -0.3 is 5.32 Å². The van der Waals surface area contributed by atoms with Crippen LogP contribution in [0.2, 0.25) is 5.02 Å². The minimum Gasteiger partial charge on any atom is -0.312 e. The van der Waals surface area contributed by atoms with E-state index in [1.54, 1.807) is 0 Å². The van der Waals surface area contributed by atoms with Crippen molar-refractivity contribution in [3.8, 4) is 0 Å². The first-order valence-corrected chi connectivity index (χ1v) is 6.73. The summed E-state index contributed by atoms with van der Waals surface area (Å²) in [6.45, 7) is 9.96. The molecule has 1 aromatic rings. The molecule has 18 heavy (non-hydrogen) atoms. The van der Waals surface area contributed by atoms with E-state index in [9.17, 15) is 0 Å². The van der Waals surface area contributed by atoms with Crippen LogP contribution in [0.1, 0.15) is 25.5 Å². The molecule has 2 atom stereocenters. The number of nitrogens with zero attached hydrogens (tertiary/aromatic N) is 1. The van der Waals surface area contributed by atoms with Crippen molar-refractivity contribution in [3.63, 3.8) is 0 Å². The van der Waals surface area contributed by atoms with Gasteiger partial charge in [-0.15, -0.1) is 6.58 Å². The number of benzene rings is 1. The molecule has 0 spiro atoms. The average molecular weight is 267 g/mol. The van der Waals surface area contributed by atoms with Crippen LogP contribution in [0.5, 0.6) is 0 Å². The minimum atomic E-state index is 0.378. The normalized spacial score (nSPS) is 14.5. The summed E-state index contributed by atoms with van der Waals surface area (Å²) >= 11 is 5.91. The van der Waals surface area contributed by atoms with Gasteiger partial charge in [0.1, 0.15) is 0 Å². The Labute approximate surface area is 116 Å². The predicted octanol–water partition coefficient (Wildman–Crippen LogP) is 3.50. The van der Waals surface area contributed by atoms with Gasteiger partial charge in [-0.1, -0.05) is 29.8 Å². The van der Waals surface area contributed by atoms with Crippen molar-refractivity contribution in [1.82, 2.24) is 10.2 Å². The van der Waals surface area contributed by atoms with Crippen molar-refractivity contribution in [2.24, 2.45) is 0 Å². The summed E-state index contributed by atoms with van der Waals surface area (Å²) in [7, 11) is 2.15. The van der Waals surface area contributed by atoms with E-state index >= 15 is 0 Å². The molecule has 100 valence electrons. The zero-order valence-electron chi connectivity index (χ0n) is 11.5. The van der Waals surface area contributed by atoms with Crippen molar-refractivity contribution >= 4 is 11.6 Å². The lowest BCUT2D eigenvalue weighted by molar-refractivity contribution is 0.194. The Kier molecular flexibility index (Phi) is 6.41. The van der Waals surface area contributed by atoms with Crippen LogP contribution in [0, 0.1) is 0 Å². The average Bonchev–Trinajstić information content (AvgIpc) is 2.38. The molecule has 0 fully saturated rings. The molecule has 0 aliphatic carbocycles. The van der Waals surface area contributed by atoms with Crippen LogP contribution < -0.4 is 5.32 Å². The highest BCUT2D eigenvalue weighted by atomic mass is 35.5. The van der Waals surface area contributed by atoms with Crippen molar-refractivity contribution in [2.45, 2.75) is 25.9 Å². The fraction of sp³-hybridized carbons (Fsp3) is 0.467. The molecule has 0 bridgehead atoms. The fourth-order valence-electron chi connectivity index (χ4n) is 1.90. The van der Waals surface area contributed by atoms with Gasteiger partial charge in [0.15, 0.2) is 0 Å². The van der Waals surface area contributed by atoms with E-state index in [0.717, 1.165) is 18.1 Å². The Hall–Kier alpha value is -0.830. The second-order valence-electron chi connectivity index (χ2n) is 4.69. The first-order chi connectivity index (χ1) is 8.56. The molecule has 3 heteroatoms. The van der Waals surface area contributed by atoms with E-state index in [1.165, 1.54) is 5.56 Å². The van der Waals surface area contributed by atoms with Crippen LogP contribution in [-0.4, -0.2) is 31.1 Å². The summed E-state index contributed by atoms with van der Waals surface area (Å²) in [5.41, 5.74) is 1.29. The Bertz CT molecular complexity index is 361. The summed E-state index contributed by atoms with van der Waals surface area (Å²) in [4.78, 5) is 2.36. The molecule has 1 aromatic carbocycles. The first-order valence-electron chi connectivity index (χ1n) is 6.35. The van der Waals surface area contributed by atoms with Gasteiger partial charge in [-0.05, 0) is 38.6 Å². The highest BCUT2D eigenvalue weighted by molar-refractivity contribution is 6.30. The lowest BCUT2D eigenvalue weighted by Crippen LogP contribution is -2.39. The second-order valence-corrected chi connectivity index (χ2v) is 5.13. The molecule has 2 unspecified atom stereocenters. The van der Waals surface area contributed by atoms with E-state index in [1.807, 2.05) is 18.2 Å².